The van der Waals surface area contributed by atoms with Gasteiger partial charge in [-0.15, -0.1) is 0 Å². The van der Waals surface area contributed by atoms with Crippen molar-refractivity contribution >= 4 is 43.7 Å². The van der Waals surface area contributed by atoms with E-state index in [1.807, 2.05) is 12.1 Å². The largest absolute Gasteiger partial charge is 0.455 e. The van der Waals surface area contributed by atoms with E-state index in [0.29, 0.717) is 0 Å². The topological polar surface area (TPSA) is 31.0 Å². The predicted molar refractivity (Wildman–Crippen MR) is 157 cm³/mol. The van der Waals surface area contributed by atoms with Crippen LogP contribution in [0.5, 0.6) is 0 Å². The van der Waals surface area contributed by atoms with Gasteiger partial charge in [0, 0.05) is 21.7 Å². The van der Waals surface area contributed by atoms with Crippen LogP contribution in [0.2, 0.25) is 0 Å². The van der Waals surface area contributed by atoms with Crippen molar-refractivity contribution in [3.8, 4) is 28.2 Å². The summed E-state index contributed by atoms with van der Waals surface area (Å²) in [5.41, 5.74) is 8.16. The van der Waals surface area contributed by atoms with Crippen molar-refractivity contribution < 1.29 is 4.42 Å². The van der Waals surface area contributed by atoms with Crippen LogP contribution in [0.1, 0.15) is 0 Å². The predicted octanol–water partition coefficient (Wildman–Crippen LogP) is 9.41. The van der Waals surface area contributed by atoms with Crippen LogP contribution in [-0.4, -0.2) is 9.55 Å². The molecular formula is C35H22N2O. The van der Waals surface area contributed by atoms with Crippen LogP contribution >= 0.6 is 0 Å². The molecule has 0 aliphatic carbocycles. The molecule has 0 aliphatic heterocycles. The average molecular weight is 487 g/mol. The molecule has 3 nitrogen and oxygen atoms in total. The molecule has 3 heteroatoms. The van der Waals surface area contributed by atoms with E-state index in [1.165, 1.54) is 10.9 Å². The summed E-state index contributed by atoms with van der Waals surface area (Å²) < 4.78 is 8.77. The summed E-state index contributed by atoms with van der Waals surface area (Å²) in [5, 5.41) is 4.52. The van der Waals surface area contributed by atoms with Gasteiger partial charge in [-0.2, -0.15) is 0 Å². The van der Waals surface area contributed by atoms with Crippen molar-refractivity contribution in [2.45, 2.75) is 0 Å². The van der Waals surface area contributed by atoms with E-state index in [1.54, 1.807) is 0 Å². The number of imidazole rings is 1. The number of rotatable bonds is 3. The van der Waals surface area contributed by atoms with Crippen LogP contribution in [-0.2, 0) is 0 Å². The van der Waals surface area contributed by atoms with Gasteiger partial charge in [-0.25, -0.2) is 4.98 Å². The lowest BCUT2D eigenvalue weighted by molar-refractivity contribution is 0.669. The minimum Gasteiger partial charge on any atom is -0.455 e. The third kappa shape index (κ3) is 3.06. The summed E-state index contributed by atoms with van der Waals surface area (Å²) in [6, 6.07) is 46.5. The molecule has 2 aromatic heterocycles. The van der Waals surface area contributed by atoms with E-state index in [-0.39, 0.29) is 0 Å². The maximum Gasteiger partial charge on any atom is 0.149 e. The first-order valence-corrected chi connectivity index (χ1v) is 12.8. The number of nitrogens with zero attached hydrogens (tertiary/aromatic N) is 2. The Hall–Kier alpha value is -5.15. The molecule has 2 heterocycles. The second-order valence-corrected chi connectivity index (χ2v) is 9.59. The highest BCUT2D eigenvalue weighted by molar-refractivity contribution is 6.11. The number of benzene rings is 6. The maximum absolute atomic E-state index is 6.47. The van der Waals surface area contributed by atoms with E-state index in [2.05, 4.69) is 126 Å². The molecule has 0 bridgehead atoms. The molecule has 0 atom stereocenters. The number of hydrogen-bond donors (Lipinski definition) is 0. The Kier molecular flexibility index (Phi) is 4.52. The van der Waals surface area contributed by atoms with Crippen molar-refractivity contribution in [1.29, 1.82) is 0 Å². The summed E-state index contributed by atoms with van der Waals surface area (Å²) in [5.74, 6) is 0.865. The Bertz CT molecular complexity index is 2130. The SMILES string of the molecule is c1ccc(-c2ccccc2-n2c(-c3cccc4c3oc3ccccc34)nc3c4ccccc4ccc32)cc1. The highest BCUT2D eigenvalue weighted by Crippen LogP contribution is 2.40. The Balaban J connectivity index is 1.52. The minimum atomic E-state index is 0.853. The fourth-order valence-corrected chi connectivity index (χ4v) is 5.69. The lowest BCUT2D eigenvalue weighted by Crippen LogP contribution is -2.00. The number of fused-ring (bicyclic) bond motifs is 6. The summed E-state index contributed by atoms with van der Waals surface area (Å²) in [7, 11) is 0. The maximum atomic E-state index is 6.47. The Morgan fingerprint density at radius 3 is 2.16 bits per heavy atom. The zero-order valence-corrected chi connectivity index (χ0v) is 20.5. The molecule has 0 saturated heterocycles. The average Bonchev–Trinajstić information content (AvgIpc) is 3.57. The molecule has 0 amide bonds. The first kappa shape index (κ1) is 21.0. The van der Waals surface area contributed by atoms with Crippen LogP contribution in [0.3, 0.4) is 0 Å². The van der Waals surface area contributed by atoms with Crippen molar-refractivity contribution in [2.24, 2.45) is 0 Å². The van der Waals surface area contributed by atoms with E-state index in [0.717, 1.165) is 61.0 Å². The Morgan fingerprint density at radius 1 is 0.526 bits per heavy atom. The molecule has 0 fully saturated rings. The highest BCUT2D eigenvalue weighted by Gasteiger charge is 2.22. The van der Waals surface area contributed by atoms with Crippen molar-refractivity contribution in [3.05, 3.63) is 133 Å². The fraction of sp³-hybridized carbons (Fsp3) is 0. The molecule has 0 N–H and O–H groups in total. The summed E-state index contributed by atoms with van der Waals surface area (Å²) in [6.07, 6.45) is 0. The normalized spacial score (nSPS) is 11.7. The molecule has 0 spiro atoms. The smallest absolute Gasteiger partial charge is 0.149 e. The highest BCUT2D eigenvalue weighted by atomic mass is 16.3. The van der Waals surface area contributed by atoms with Crippen molar-refractivity contribution in [1.82, 2.24) is 9.55 Å². The second kappa shape index (κ2) is 8.19. The molecule has 6 aromatic carbocycles. The molecule has 0 unspecified atom stereocenters. The van der Waals surface area contributed by atoms with Gasteiger partial charge >= 0.3 is 0 Å². The van der Waals surface area contributed by atoms with E-state index in [4.69, 9.17) is 9.40 Å². The monoisotopic (exact) mass is 486 g/mol. The van der Waals surface area contributed by atoms with Crippen LogP contribution in [0, 0.1) is 0 Å². The van der Waals surface area contributed by atoms with Crippen LogP contribution < -0.4 is 0 Å². The number of hydrogen-bond acceptors (Lipinski definition) is 2. The number of furan rings is 1. The van der Waals surface area contributed by atoms with Gasteiger partial charge in [-0.3, -0.25) is 4.57 Å². The van der Waals surface area contributed by atoms with Gasteiger partial charge in [0.15, 0.2) is 0 Å². The molecule has 8 rings (SSSR count). The first-order valence-electron chi connectivity index (χ1n) is 12.8. The quantitative estimate of drug-likeness (QED) is 0.249. The molecule has 178 valence electrons. The van der Waals surface area contributed by atoms with Gasteiger partial charge in [0.25, 0.3) is 0 Å². The third-order valence-electron chi connectivity index (χ3n) is 7.42. The molecule has 0 radical (unpaired) electrons. The van der Waals surface area contributed by atoms with Gasteiger partial charge in [0.05, 0.1) is 22.3 Å². The lowest BCUT2D eigenvalue weighted by atomic mass is 10.0. The second-order valence-electron chi connectivity index (χ2n) is 9.59. The standard InChI is InChI=1S/C35H22N2O/c1-2-11-23(12-3-1)25-14-6-8-19-30(25)37-31-22-21-24-13-4-5-15-26(24)33(31)36-35(37)29-18-10-17-28-27-16-7-9-20-32(27)38-34(28)29/h1-22H. The van der Waals surface area contributed by atoms with Crippen molar-refractivity contribution in [2.75, 3.05) is 0 Å². The zero-order valence-electron chi connectivity index (χ0n) is 20.5. The van der Waals surface area contributed by atoms with Gasteiger partial charge < -0.3 is 4.42 Å². The number of para-hydroxylation sites is 3. The Morgan fingerprint density at radius 2 is 1.24 bits per heavy atom. The Labute approximate surface area is 219 Å². The lowest BCUT2D eigenvalue weighted by Gasteiger charge is -2.15. The third-order valence-corrected chi connectivity index (χ3v) is 7.42. The fourth-order valence-electron chi connectivity index (χ4n) is 5.69. The molecule has 8 aromatic rings. The van der Waals surface area contributed by atoms with Crippen molar-refractivity contribution in [3.63, 3.8) is 0 Å². The molecular weight excluding hydrogens is 464 g/mol. The van der Waals surface area contributed by atoms with Crippen LogP contribution in [0.25, 0.3) is 71.9 Å². The summed E-state index contributed by atoms with van der Waals surface area (Å²) >= 11 is 0. The van der Waals surface area contributed by atoms with Crippen LogP contribution in [0.15, 0.2) is 138 Å². The molecule has 38 heavy (non-hydrogen) atoms. The van der Waals surface area contributed by atoms with Gasteiger partial charge in [-0.1, -0.05) is 109 Å². The van der Waals surface area contributed by atoms with Gasteiger partial charge in [0.2, 0.25) is 0 Å². The van der Waals surface area contributed by atoms with E-state index < -0.39 is 0 Å². The molecule has 0 saturated carbocycles. The van der Waals surface area contributed by atoms with E-state index in [9.17, 15) is 0 Å². The summed E-state index contributed by atoms with van der Waals surface area (Å²) in [6.45, 7) is 0. The zero-order chi connectivity index (χ0) is 25.1. The summed E-state index contributed by atoms with van der Waals surface area (Å²) in [4.78, 5) is 5.35. The van der Waals surface area contributed by atoms with Gasteiger partial charge in [-0.05, 0) is 35.2 Å². The van der Waals surface area contributed by atoms with Gasteiger partial charge in [0.1, 0.15) is 17.0 Å². The minimum absolute atomic E-state index is 0.853. The number of aromatic nitrogens is 2. The molecule has 0 aliphatic rings. The van der Waals surface area contributed by atoms with Crippen LogP contribution in [0.4, 0.5) is 0 Å². The van der Waals surface area contributed by atoms with E-state index >= 15 is 0 Å². The first-order chi connectivity index (χ1) is 18.9.